The largest absolute Gasteiger partial charge is 0.497 e. The summed E-state index contributed by atoms with van der Waals surface area (Å²) >= 11 is 0. The first-order chi connectivity index (χ1) is 11.6. The van der Waals surface area contributed by atoms with Gasteiger partial charge in [0.25, 0.3) is 0 Å². The summed E-state index contributed by atoms with van der Waals surface area (Å²) < 4.78 is 10.6. The van der Waals surface area contributed by atoms with Gasteiger partial charge in [-0.15, -0.1) is 0 Å². The Labute approximate surface area is 141 Å². The molecule has 0 saturated carbocycles. The number of carbonyl (C=O) groups excluding carboxylic acids is 2. The molecular weight excluding hydrogens is 310 g/mol. The van der Waals surface area contributed by atoms with Crippen LogP contribution in [-0.2, 0) is 9.59 Å². The molecule has 3 rings (SSSR count). The Bertz CT molecular complexity index is 628. The highest BCUT2D eigenvalue weighted by molar-refractivity contribution is 6.01. The Morgan fingerprint density at radius 2 is 1.96 bits per heavy atom. The van der Waals surface area contributed by atoms with Gasteiger partial charge in [-0.3, -0.25) is 9.59 Å². The van der Waals surface area contributed by atoms with Crippen LogP contribution in [0.15, 0.2) is 18.2 Å². The maximum Gasteiger partial charge on any atom is 0.228 e. The van der Waals surface area contributed by atoms with E-state index in [0.717, 1.165) is 13.1 Å². The van der Waals surface area contributed by atoms with Gasteiger partial charge >= 0.3 is 0 Å². The molecule has 1 atom stereocenters. The molecule has 2 saturated heterocycles. The minimum absolute atomic E-state index is 0.0491. The van der Waals surface area contributed by atoms with Gasteiger partial charge in [-0.1, -0.05) is 0 Å². The second-order valence-corrected chi connectivity index (χ2v) is 6.02. The van der Waals surface area contributed by atoms with Gasteiger partial charge in [-0.05, 0) is 12.1 Å². The number of ether oxygens (including phenoxy) is 2. The number of nitrogens with zero attached hydrogens (tertiary/aromatic N) is 2. The molecule has 2 fully saturated rings. The molecule has 2 aliphatic rings. The van der Waals surface area contributed by atoms with Gasteiger partial charge in [0.1, 0.15) is 11.5 Å². The lowest BCUT2D eigenvalue weighted by Gasteiger charge is -2.29. The fourth-order valence-corrected chi connectivity index (χ4v) is 3.26. The average molecular weight is 333 g/mol. The highest BCUT2D eigenvalue weighted by Gasteiger charge is 2.38. The standard InChI is InChI=1S/C17H23N3O4/c1-23-13-3-4-14(15(10-13)24-2)20-11-12(9-16(20)21)17(22)19-7-5-18-6-8-19/h3-4,10,12,18H,5-9,11H2,1-2H3. The lowest BCUT2D eigenvalue weighted by molar-refractivity contribution is -0.136. The summed E-state index contributed by atoms with van der Waals surface area (Å²) in [6.07, 6.45) is 0.248. The summed E-state index contributed by atoms with van der Waals surface area (Å²) in [5.41, 5.74) is 0.680. The third-order valence-corrected chi connectivity index (χ3v) is 4.58. The van der Waals surface area contributed by atoms with Gasteiger partial charge in [0.2, 0.25) is 11.8 Å². The number of amides is 2. The molecule has 1 N–H and O–H groups in total. The lowest BCUT2D eigenvalue weighted by atomic mass is 10.1. The Kier molecular flexibility index (Phi) is 4.89. The van der Waals surface area contributed by atoms with Crippen LogP contribution in [0.1, 0.15) is 6.42 Å². The first kappa shape index (κ1) is 16.6. The fraction of sp³-hybridized carbons (Fsp3) is 0.529. The number of carbonyl (C=O) groups is 2. The summed E-state index contributed by atoms with van der Waals surface area (Å²) in [4.78, 5) is 28.6. The third-order valence-electron chi connectivity index (χ3n) is 4.58. The van der Waals surface area contributed by atoms with E-state index in [9.17, 15) is 9.59 Å². The summed E-state index contributed by atoms with van der Waals surface area (Å²) in [6.45, 7) is 3.42. The minimum atomic E-state index is -0.289. The molecule has 1 unspecified atom stereocenters. The van der Waals surface area contributed by atoms with E-state index in [0.29, 0.717) is 36.8 Å². The Balaban J connectivity index is 1.76. The zero-order valence-corrected chi connectivity index (χ0v) is 14.1. The predicted molar refractivity (Wildman–Crippen MR) is 89.5 cm³/mol. The van der Waals surface area contributed by atoms with Gasteiger partial charge in [0.05, 0.1) is 25.8 Å². The molecule has 7 heteroatoms. The number of nitrogens with one attached hydrogen (secondary N) is 1. The minimum Gasteiger partial charge on any atom is -0.497 e. The van der Waals surface area contributed by atoms with Crippen LogP contribution < -0.4 is 19.7 Å². The number of rotatable bonds is 4. The molecule has 1 aromatic carbocycles. The summed E-state index contributed by atoms with van der Waals surface area (Å²) in [6, 6.07) is 5.33. The van der Waals surface area contributed by atoms with Gasteiger partial charge < -0.3 is 24.6 Å². The van der Waals surface area contributed by atoms with Crippen molar-refractivity contribution < 1.29 is 19.1 Å². The van der Waals surface area contributed by atoms with Gasteiger partial charge in [-0.25, -0.2) is 0 Å². The zero-order chi connectivity index (χ0) is 17.1. The molecule has 130 valence electrons. The molecule has 2 amide bonds. The van der Waals surface area contributed by atoms with Crippen LogP contribution in [0.5, 0.6) is 11.5 Å². The van der Waals surface area contributed by atoms with E-state index in [2.05, 4.69) is 5.32 Å². The van der Waals surface area contributed by atoms with Crippen molar-refractivity contribution in [3.05, 3.63) is 18.2 Å². The number of piperazine rings is 1. The molecule has 0 aromatic heterocycles. The topological polar surface area (TPSA) is 71.1 Å². The van der Waals surface area contributed by atoms with Crippen LogP contribution in [0.25, 0.3) is 0 Å². The van der Waals surface area contributed by atoms with E-state index in [4.69, 9.17) is 9.47 Å². The number of hydrogen-bond acceptors (Lipinski definition) is 5. The zero-order valence-electron chi connectivity index (χ0n) is 14.1. The van der Waals surface area contributed by atoms with E-state index in [1.807, 2.05) is 4.90 Å². The summed E-state index contributed by atoms with van der Waals surface area (Å²) in [7, 11) is 3.14. The lowest BCUT2D eigenvalue weighted by Crippen LogP contribution is -2.48. The number of anilines is 1. The second-order valence-electron chi connectivity index (χ2n) is 6.02. The maximum atomic E-state index is 12.6. The smallest absolute Gasteiger partial charge is 0.228 e. The van der Waals surface area contributed by atoms with Crippen molar-refractivity contribution in [2.24, 2.45) is 5.92 Å². The molecule has 2 aliphatic heterocycles. The first-order valence-corrected chi connectivity index (χ1v) is 8.16. The van der Waals surface area contributed by atoms with E-state index in [1.165, 1.54) is 0 Å². The SMILES string of the molecule is COc1ccc(N2CC(C(=O)N3CCNCC3)CC2=O)c(OC)c1. The van der Waals surface area contributed by atoms with Gasteiger partial charge in [0.15, 0.2) is 0 Å². The van der Waals surface area contributed by atoms with E-state index >= 15 is 0 Å². The van der Waals surface area contributed by atoms with E-state index in [-0.39, 0.29) is 24.2 Å². The average Bonchev–Trinajstić information content (AvgIpc) is 3.02. The van der Waals surface area contributed by atoms with Gasteiger partial charge in [0, 0.05) is 45.2 Å². The maximum absolute atomic E-state index is 12.6. The van der Waals surface area contributed by atoms with Crippen LogP contribution in [0.2, 0.25) is 0 Å². The number of benzene rings is 1. The fourth-order valence-electron chi connectivity index (χ4n) is 3.26. The van der Waals surface area contributed by atoms with Crippen molar-refractivity contribution in [1.82, 2.24) is 10.2 Å². The quantitative estimate of drug-likeness (QED) is 0.868. The van der Waals surface area contributed by atoms with E-state index < -0.39 is 0 Å². The Morgan fingerprint density at radius 3 is 2.62 bits per heavy atom. The molecule has 0 radical (unpaired) electrons. The molecule has 7 nitrogen and oxygen atoms in total. The molecule has 1 aromatic rings. The normalized spacial score (nSPS) is 21.1. The van der Waals surface area contributed by atoms with Crippen LogP contribution >= 0.6 is 0 Å². The second kappa shape index (κ2) is 7.09. The van der Waals surface area contributed by atoms with Crippen molar-refractivity contribution in [2.45, 2.75) is 6.42 Å². The third kappa shape index (κ3) is 3.17. The Hall–Kier alpha value is -2.28. The van der Waals surface area contributed by atoms with Crippen LogP contribution in [-0.4, -0.2) is 63.7 Å². The molecule has 0 spiro atoms. The van der Waals surface area contributed by atoms with Crippen molar-refractivity contribution in [3.8, 4) is 11.5 Å². The number of methoxy groups -OCH3 is 2. The molecule has 24 heavy (non-hydrogen) atoms. The summed E-state index contributed by atoms with van der Waals surface area (Å²) in [5, 5.41) is 3.23. The molecule has 0 bridgehead atoms. The van der Waals surface area contributed by atoms with Crippen LogP contribution in [0.4, 0.5) is 5.69 Å². The molecule has 0 aliphatic carbocycles. The van der Waals surface area contributed by atoms with Crippen molar-refractivity contribution in [2.75, 3.05) is 51.8 Å². The molecular formula is C17H23N3O4. The predicted octanol–water partition coefficient (Wildman–Crippen LogP) is 0.489. The van der Waals surface area contributed by atoms with Crippen LogP contribution in [0, 0.1) is 5.92 Å². The monoisotopic (exact) mass is 333 g/mol. The van der Waals surface area contributed by atoms with Gasteiger partial charge in [-0.2, -0.15) is 0 Å². The van der Waals surface area contributed by atoms with Crippen molar-refractivity contribution in [3.63, 3.8) is 0 Å². The Morgan fingerprint density at radius 1 is 1.21 bits per heavy atom. The highest BCUT2D eigenvalue weighted by Crippen LogP contribution is 2.36. The van der Waals surface area contributed by atoms with Crippen LogP contribution in [0.3, 0.4) is 0 Å². The highest BCUT2D eigenvalue weighted by atomic mass is 16.5. The van der Waals surface area contributed by atoms with Crippen molar-refractivity contribution >= 4 is 17.5 Å². The van der Waals surface area contributed by atoms with Crippen molar-refractivity contribution in [1.29, 1.82) is 0 Å². The summed E-state index contributed by atoms with van der Waals surface area (Å²) in [5.74, 6) is 0.961. The molecule has 2 heterocycles. The van der Waals surface area contributed by atoms with E-state index in [1.54, 1.807) is 37.3 Å². The number of hydrogen-bond donors (Lipinski definition) is 1. The first-order valence-electron chi connectivity index (χ1n) is 8.16.